The maximum atomic E-state index is 13.1. The number of carbonyl (C=O) groups is 1. The first-order valence-corrected chi connectivity index (χ1v) is 14.7. The van der Waals surface area contributed by atoms with Crippen molar-refractivity contribution in [3.05, 3.63) is 47.7 Å². The van der Waals surface area contributed by atoms with Crippen LogP contribution in [-0.4, -0.2) is 84.3 Å². The van der Waals surface area contributed by atoms with Crippen molar-refractivity contribution in [3.63, 3.8) is 0 Å². The normalized spacial score (nSPS) is 16.8. The van der Waals surface area contributed by atoms with Crippen LogP contribution in [-0.2, 0) is 32.5 Å². The number of aromatic amines is 2. The van der Waals surface area contributed by atoms with E-state index in [1.54, 1.807) is 0 Å². The quantitative estimate of drug-likeness (QED) is 0.240. The lowest BCUT2D eigenvalue weighted by atomic mass is 10.1. The third-order valence-electron chi connectivity index (χ3n) is 6.63. The van der Waals surface area contributed by atoms with E-state index in [2.05, 4.69) is 49.0 Å². The molecular formula is C25H37N7O5S. The summed E-state index contributed by atoms with van der Waals surface area (Å²) >= 11 is 0. The zero-order valence-electron chi connectivity index (χ0n) is 21.9. The fraction of sp³-hybridized carbons (Fsp3) is 0.560. The molecule has 1 amide bonds. The highest BCUT2D eigenvalue weighted by molar-refractivity contribution is 7.89. The Morgan fingerprint density at radius 3 is 2.87 bits per heavy atom. The fourth-order valence-corrected chi connectivity index (χ4v) is 5.75. The Kier molecular flexibility index (Phi) is 9.72. The van der Waals surface area contributed by atoms with Crippen LogP contribution >= 0.6 is 0 Å². The largest absolute Gasteiger partial charge is 0.444 e. The minimum atomic E-state index is -3.61. The molecular weight excluding hydrogens is 510 g/mol. The van der Waals surface area contributed by atoms with Crippen LogP contribution in [0.3, 0.4) is 0 Å². The second-order valence-corrected chi connectivity index (χ2v) is 11.2. The lowest BCUT2D eigenvalue weighted by molar-refractivity contribution is 0.0827. The molecule has 2 aromatic heterocycles. The average molecular weight is 548 g/mol. The molecule has 0 aliphatic carbocycles. The van der Waals surface area contributed by atoms with Gasteiger partial charge in [-0.05, 0) is 44.1 Å². The summed E-state index contributed by atoms with van der Waals surface area (Å²) in [5, 5.41) is 10.7. The van der Waals surface area contributed by atoms with Crippen molar-refractivity contribution in [1.29, 1.82) is 0 Å². The van der Waals surface area contributed by atoms with E-state index in [9.17, 15) is 13.2 Å². The Labute approximate surface area is 222 Å². The Hall–Kier alpha value is -3.00. The van der Waals surface area contributed by atoms with Crippen LogP contribution in [0.25, 0.3) is 10.9 Å². The molecule has 0 spiro atoms. The SMILES string of the molecule is CCN(CC)CCCS(=O)(=O)N[C@H](Cc1c[nH]c2ccccc12)c1n[nH]c(CNC(=O)O[C@H]2CCOC2)n1. The summed E-state index contributed by atoms with van der Waals surface area (Å²) in [5.74, 6) is 0.699. The number of H-pyrrole nitrogens is 2. The van der Waals surface area contributed by atoms with E-state index >= 15 is 0 Å². The first-order chi connectivity index (χ1) is 18.4. The molecule has 3 heterocycles. The molecule has 3 aromatic rings. The molecule has 0 bridgehead atoms. The average Bonchev–Trinajstić information content (AvgIpc) is 3.67. The molecule has 12 nitrogen and oxygen atoms in total. The summed E-state index contributed by atoms with van der Waals surface area (Å²) in [6, 6.07) is 7.15. The summed E-state index contributed by atoms with van der Waals surface area (Å²) in [7, 11) is -3.61. The molecule has 1 aliphatic heterocycles. The number of nitrogens with zero attached hydrogens (tertiary/aromatic N) is 3. The van der Waals surface area contributed by atoms with Crippen LogP contribution in [0.4, 0.5) is 4.79 Å². The highest BCUT2D eigenvalue weighted by Gasteiger charge is 2.25. The van der Waals surface area contributed by atoms with Gasteiger partial charge in [0.15, 0.2) is 5.82 Å². The van der Waals surface area contributed by atoms with E-state index in [-0.39, 0.29) is 18.4 Å². The molecule has 1 saturated heterocycles. The van der Waals surface area contributed by atoms with Gasteiger partial charge in [-0.3, -0.25) is 5.10 Å². The lowest BCUT2D eigenvalue weighted by Crippen LogP contribution is -2.34. The lowest BCUT2D eigenvalue weighted by Gasteiger charge is -2.19. The van der Waals surface area contributed by atoms with Gasteiger partial charge >= 0.3 is 6.09 Å². The summed E-state index contributed by atoms with van der Waals surface area (Å²) in [5.41, 5.74) is 1.91. The Morgan fingerprint density at radius 2 is 2.11 bits per heavy atom. The van der Waals surface area contributed by atoms with E-state index in [0.29, 0.717) is 50.7 Å². The van der Waals surface area contributed by atoms with Crippen molar-refractivity contribution in [1.82, 2.24) is 35.1 Å². The van der Waals surface area contributed by atoms with Crippen molar-refractivity contribution >= 4 is 27.0 Å². The van der Waals surface area contributed by atoms with Gasteiger partial charge in [-0.2, -0.15) is 5.10 Å². The van der Waals surface area contributed by atoms with E-state index in [1.165, 1.54) is 0 Å². The predicted octanol–water partition coefficient (Wildman–Crippen LogP) is 2.24. The number of benzene rings is 1. The number of ether oxygens (including phenoxy) is 2. The number of para-hydroxylation sites is 1. The number of hydrogen-bond acceptors (Lipinski definition) is 8. The van der Waals surface area contributed by atoms with Gasteiger partial charge in [0.2, 0.25) is 10.0 Å². The Bertz CT molecular complexity index is 1280. The highest BCUT2D eigenvalue weighted by Crippen LogP contribution is 2.24. The molecule has 38 heavy (non-hydrogen) atoms. The van der Waals surface area contributed by atoms with Crippen LogP contribution < -0.4 is 10.0 Å². The molecule has 1 fully saturated rings. The zero-order chi connectivity index (χ0) is 27.0. The first kappa shape index (κ1) is 28.0. The number of sulfonamides is 1. The molecule has 208 valence electrons. The van der Waals surface area contributed by atoms with Crippen LogP contribution in [0, 0.1) is 0 Å². The number of amides is 1. The number of rotatable bonds is 14. The van der Waals surface area contributed by atoms with E-state index in [0.717, 1.165) is 29.6 Å². The smallest absolute Gasteiger partial charge is 0.407 e. The Balaban J connectivity index is 1.44. The summed E-state index contributed by atoms with van der Waals surface area (Å²) in [4.78, 5) is 22.0. The predicted molar refractivity (Wildman–Crippen MR) is 143 cm³/mol. The van der Waals surface area contributed by atoms with Crippen LogP contribution in [0.15, 0.2) is 30.5 Å². The number of aromatic nitrogens is 4. The van der Waals surface area contributed by atoms with Crippen molar-refractivity contribution < 1.29 is 22.7 Å². The number of hydrogen-bond donors (Lipinski definition) is 4. The monoisotopic (exact) mass is 547 g/mol. The molecule has 4 N–H and O–H groups in total. The van der Waals surface area contributed by atoms with E-state index < -0.39 is 22.2 Å². The molecule has 0 saturated carbocycles. The van der Waals surface area contributed by atoms with Crippen molar-refractivity contribution in [3.8, 4) is 0 Å². The van der Waals surface area contributed by atoms with Crippen molar-refractivity contribution in [2.24, 2.45) is 0 Å². The van der Waals surface area contributed by atoms with Crippen molar-refractivity contribution in [2.45, 2.75) is 51.8 Å². The first-order valence-electron chi connectivity index (χ1n) is 13.1. The van der Waals surface area contributed by atoms with E-state index in [4.69, 9.17) is 9.47 Å². The molecule has 4 rings (SSSR count). The zero-order valence-corrected chi connectivity index (χ0v) is 22.7. The highest BCUT2D eigenvalue weighted by atomic mass is 32.2. The molecule has 1 aromatic carbocycles. The van der Waals surface area contributed by atoms with Gasteiger partial charge in [-0.25, -0.2) is 22.9 Å². The van der Waals surface area contributed by atoms with Gasteiger partial charge in [0.05, 0.1) is 31.6 Å². The minimum absolute atomic E-state index is 0.00341. The second kappa shape index (κ2) is 13.2. The number of fused-ring (bicyclic) bond motifs is 1. The third kappa shape index (κ3) is 7.76. The summed E-state index contributed by atoms with van der Waals surface area (Å²) < 4.78 is 39.5. The van der Waals surface area contributed by atoms with Gasteiger partial charge in [-0.15, -0.1) is 0 Å². The summed E-state index contributed by atoms with van der Waals surface area (Å²) in [6.45, 7) is 7.62. The Morgan fingerprint density at radius 1 is 1.29 bits per heavy atom. The van der Waals surface area contributed by atoms with Crippen LogP contribution in [0.5, 0.6) is 0 Å². The fourth-order valence-electron chi connectivity index (χ4n) is 4.50. The molecule has 1 aliphatic rings. The van der Waals surface area contributed by atoms with Gasteiger partial charge in [0.1, 0.15) is 11.9 Å². The maximum Gasteiger partial charge on any atom is 0.407 e. The van der Waals surface area contributed by atoms with Crippen molar-refractivity contribution in [2.75, 3.05) is 38.6 Å². The van der Waals surface area contributed by atoms with Gasteiger partial charge in [0.25, 0.3) is 0 Å². The van der Waals surface area contributed by atoms with Gasteiger partial charge in [-0.1, -0.05) is 32.0 Å². The molecule has 2 atom stereocenters. The number of alkyl carbamates (subject to hydrolysis) is 1. The van der Waals surface area contributed by atoms with Crippen LogP contribution in [0.2, 0.25) is 0 Å². The minimum Gasteiger partial charge on any atom is -0.444 e. The molecule has 13 heteroatoms. The van der Waals surface area contributed by atoms with Crippen LogP contribution in [0.1, 0.15) is 49.9 Å². The van der Waals surface area contributed by atoms with Gasteiger partial charge in [0, 0.05) is 23.5 Å². The van der Waals surface area contributed by atoms with E-state index in [1.807, 2.05) is 30.5 Å². The maximum absolute atomic E-state index is 13.1. The summed E-state index contributed by atoms with van der Waals surface area (Å²) in [6.07, 6.45) is 2.61. The molecule has 0 radical (unpaired) electrons. The standard InChI is InChI=1S/C25H37N7O5S/c1-3-32(4-2)11-7-13-38(34,35)31-22(14-18-15-26-21-9-6-5-8-20(18)21)24-28-23(29-30-24)16-27-25(33)37-19-10-12-36-17-19/h5-6,8-9,15,19,22,26,31H,3-4,7,10-14,16-17H2,1-2H3,(H,27,33)(H,28,29,30)/t19-,22+/m0/s1. The molecule has 0 unspecified atom stereocenters. The third-order valence-corrected chi connectivity index (χ3v) is 8.09. The number of nitrogens with one attached hydrogen (secondary N) is 4. The second-order valence-electron chi connectivity index (χ2n) is 9.32. The van der Waals surface area contributed by atoms with Gasteiger partial charge < -0.3 is 24.7 Å². The topological polar surface area (TPSA) is 154 Å². The number of carbonyl (C=O) groups excluding carboxylic acids is 1.